The molecular formula is C15H22O6. The molecule has 6 heteroatoms. The summed E-state index contributed by atoms with van der Waals surface area (Å²) in [6, 6.07) is 0. The van der Waals surface area contributed by atoms with Crippen LogP contribution in [0.5, 0.6) is 0 Å². The molecule has 118 valence electrons. The average Bonchev–Trinajstić information content (AvgIpc) is 2.95. The molecule has 0 bridgehead atoms. The van der Waals surface area contributed by atoms with Gasteiger partial charge in [-0.3, -0.25) is 14.4 Å². The first kappa shape index (κ1) is 17.2. The van der Waals surface area contributed by atoms with Crippen LogP contribution < -0.4 is 0 Å². The highest BCUT2D eigenvalue weighted by Gasteiger charge is 2.62. The van der Waals surface area contributed by atoms with Crippen LogP contribution in [-0.2, 0) is 28.6 Å². The fourth-order valence-electron chi connectivity index (χ4n) is 2.43. The highest BCUT2D eigenvalue weighted by molar-refractivity contribution is 6.18. The number of allylic oxidation sites excluding steroid dienone is 2. The highest BCUT2D eigenvalue weighted by atomic mass is 16.6. The van der Waals surface area contributed by atoms with Crippen LogP contribution in [0.2, 0.25) is 0 Å². The Kier molecular flexibility index (Phi) is 6.39. The minimum Gasteiger partial charge on any atom is -0.465 e. The normalized spacial score (nSPS) is 17.4. The van der Waals surface area contributed by atoms with Crippen molar-refractivity contribution in [3.8, 4) is 0 Å². The predicted octanol–water partition coefficient (Wildman–Crippen LogP) is 1.63. The van der Waals surface area contributed by atoms with Gasteiger partial charge in [-0.1, -0.05) is 12.2 Å². The van der Waals surface area contributed by atoms with Gasteiger partial charge in [-0.25, -0.2) is 0 Å². The van der Waals surface area contributed by atoms with E-state index in [-0.39, 0.29) is 19.8 Å². The van der Waals surface area contributed by atoms with Gasteiger partial charge in [0.1, 0.15) is 0 Å². The quantitative estimate of drug-likeness (QED) is 0.308. The maximum Gasteiger partial charge on any atom is 0.335 e. The number of ether oxygens (including phenoxy) is 3. The monoisotopic (exact) mass is 298 g/mol. The standard InChI is InChI=1S/C15H22O6/c1-4-19-12(16)15(13(17)20-5-2,14(18)21-6-3)11-9-7-8-10-11/h7,9,11H,4-6,8,10H2,1-3H3. The molecule has 1 aliphatic rings. The molecule has 6 nitrogen and oxygen atoms in total. The van der Waals surface area contributed by atoms with E-state index < -0.39 is 29.2 Å². The molecule has 1 unspecified atom stereocenters. The van der Waals surface area contributed by atoms with Gasteiger partial charge in [0.25, 0.3) is 5.41 Å². The van der Waals surface area contributed by atoms with Crippen molar-refractivity contribution in [1.82, 2.24) is 0 Å². The summed E-state index contributed by atoms with van der Waals surface area (Å²) in [5.74, 6) is -3.31. The second-order valence-corrected chi connectivity index (χ2v) is 4.58. The van der Waals surface area contributed by atoms with Gasteiger partial charge in [0.05, 0.1) is 19.8 Å². The van der Waals surface area contributed by atoms with Gasteiger partial charge in [-0.2, -0.15) is 0 Å². The summed E-state index contributed by atoms with van der Waals surface area (Å²) in [6.45, 7) is 5.04. The molecule has 21 heavy (non-hydrogen) atoms. The van der Waals surface area contributed by atoms with E-state index in [1.807, 2.05) is 6.08 Å². The Hall–Kier alpha value is -1.85. The molecule has 0 aromatic heterocycles. The van der Waals surface area contributed by atoms with Crippen molar-refractivity contribution in [2.24, 2.45) is 11.3 Å². The lowest BCUT2D eigenvalue weighted by atomic mass is 9.74. The Morgan fingerprint density at radius 3 is 1.67 bits per heavy atom. The van der Waals surface area contributed by atoms with Gasteiger partial charge in [0, 0.05) is 5.92 Å². The molecule has 0 aromatic rings. The first-order chi connectivity index (χ1) is 10.0. The lowest BCUT2D eigenvalue weighted by Gasteiger charge is -2.31. The second kappa shape index (κ2) is 7.81. The largest absolute Gasteiger partial charge is 0.465 e. The van der Waals surface area contributed by atoms with Crippen molar-refractivity contribution in [2.75, 3.05) is 19.8 Å². The van der Waals surface area contributed by atoms with E-state index >= 15 is 0 Å². The summed E-state index contributed by atoms with van der Waals surface area (Å²) >= 11 is 0. The van der Waals surface area contributed by atoms with E-state index in [0.717, 1.165) is 0 Å². The van der Waals surface area contributed by atoms with Gasteiger partial charge in [-0.15, -0.1) is 0 Å². The molecule has 1 atom stereocenters. The summed E-state index contributed by atoms with van der Waals surface area (Å²) < 4.78 is 14.9. The lowest BCUT2D eigenvalue weighted by molar-refractivity contribution is -0.187. The minimum absolute atomic E-state index is 0.0653. The molecule has 1 aliphatic carbocycles. The summed E-state index contributed by atoms with van der Waals surface area (Å²) in [4.78, 5) is 37.3. The maximum absolute atomic E-state index is 12.4. The zero-order valence-corrected chi connectivity index (χ0v) is 12.7. The van der Waals surface area contributed by atoms with Crippen molar-refractivity contribution >= 4 is 17.9 Å². The number of rotatable bonds is 7. The van der Waals surface area contributed by atoms with Gasteiger partial charge < -0.3 is 14.2 Å². The first-order valence-electron chi connectivity index (χ1n) is 7.23. The number of carbonyl (C=O) groups is 3. The Morgan fingerprint density at radius 1 is 0.952 bits per heavy atom. The zero-order valence-electron chi connectivity index (χ0n) is 12.7. The molecule has 1 rings (SSSR count). The van der Waals surface area contributed by atoms with Gasteiger partial charge in [0.15, 0.2) is 0 Å². The third-order valence-corrected chi connectivity index (χ3v) is 3.36. The molecule has 0 heterocycles. The topological polar surface area (TPSA) is 78.9 Å². The van der Waals surface area contributed by atoms with E-state index in [1.54, 1.807) is 26.8 Å². The molecule has 0 radical (unpaired) electrons. The molecule has 0 saturated heterocycles. The smallest absolute Gasteiger partial charge is 0.335 e. The highest BCUT2D eigenvalue weighted by Crippen LogP contribution is 2.40. The SMILES string of the molecule is CCOC(=O)C(C(=O)OCC)(C(=O)OCC)C1C=CCC1. The Morgan fingerprint density at radius 2 is 1.38 bits per heavy atom. The lowest BCUT2D eigenvalue weighted by Crippen LogP contribution is -2.53. The van der Waals surface area contributed by atoms with Crippen molar-refractivity contribution in [2.45, 2.75) is 33.6 Å². The summed E-state index contributed by atoms with van der Waals surface area (Å²) in [5, 5.41) is 0. The van der Waals surface area contributed by atoms with Crippen LogP contribution in [0.1, 0.15) is 33.6 Å². The molecule has 0 aliphatic heterocycles. The van der Waals surface area contributed by atoms with Crippen LogP contribution in [0.25, 0.3) is 0 Å². The minimum atomic E-state index is -2.06. The van der Waals surface area contributed by atoms with Gasteiger partial charge >= 0.3 is 17.9 Å². The molecule has 0 amide bonds. The van der Waals surface area contributed by atoms with Crippen LogP contribution in [0, 0.1) is 11.3 Å². The number of esters is 3. The third-order valence-electron chi connectivity index (χ3n) is 3.36. The van der Waals surface area contributed by atoms with Crippen molar-refractivity contribution in [3.05, 3.63) is 12.2 Å². The van der Waals surface area contributed by atoms with E-state index in [0.29, 0.717) is 12.8 Å². The third kappa shape index (κ3) is 3.25. The van der Waals surface area contributed by atoms with Gasteiger partial charge in [-0.05, 0) is 33.6 Å². The maximum atomic E-state index is 12.4. The van der Waals surface area contributed by atoms with E-state index in [4.69, 9.17) is 14.2 Å². The van der Waals surface area contributed by atoms with E-state index in [2.05, 4.69) is 0 Å². The summed E-state index contributed by atoms with van der Waals surface area (Å²) in [7, 11) is 0. The second-order valence-electron chi connectivity index (χ2n) is 4.58. The summed E-state index contributed by atoms with van der Waals surface area (Å²) in [6.07, 6.45) is 4.70. The molecule has 0 N–H and O–H groups in total. The molecule has 0 spiro atoms. The van der Waals surface area contributed by atoms with E-state index in [9.17, 15) is 14.4 Å². The van der Waals surface area contributed by atoms with Crippen LogP contribution in [0.15, 0.2) is 12.2 Å². The van der Waals surface area contributed by atoms with Crippen molar-refractivity contribution in [3.63, 3.8) is 0 Å². The van der Waals surface area contributed by atoms with Gasteiger partial charge in [0.2, 0.25) is 0 Å². The Balaban J connectivity index is 3.31. The van der Waals surface area contributed by atoms with E-state index in [1.165, 1.54) is 0 Å². The number of hydrogen-bond acceptors (Lipinski definition) is 6. The Bertz CT molecular complexity index is 380. The predicted molar refractivity (Wildman–Crippen MR) is 74.2 cm³/mol. The van der Waals surface area contributed by atoms with Crippen LogP contribution in [0.4, 0.5) is 0 Å². The van der Waals surface area contributed by atoms with Crippen molar-refractivity contribution < 1.29 is 28.6 Å². The molecule has 0 aromatic carbocycles. The van der Waals surface area contributed by atoms with Crippen molar-refractivity contribution in [1.29, 1.82) is 0 Å². The average molecular weight is 298 g/mol. The van der Waals surface area contributed by atoms with Crippen LogP contribution in [0.3, 0.4) is 0 Å². The fourth-order valence-corrected chi connectivity index (χ4v) is 2.43. The first-order valence-corrected chi connectivity index (χ1v) is 7.23. The Labute approximate surface area is 124 Å². The number of hydrogen-bond donors (Lipinski definition) is 0. The summed E-state index contributed by atoms with van der Waals surface area (Å²) in [5.41, 5.74) is -2.06. The van der Waals surface area contributed by atoms with Crippen LogP contribution in [-0.4, -0.2) is 37.7 Å². The molecular weight excluding hydrogens is 276 g/mol. The molecule has 0 fully saturated rings. The molecule has 0 saturated carbocycles. The fraction of sp³-hybridized carbons (Fsp3) is 0.667. The van der Waals surface area contributed by atoms with Crippen LogP contribution >= 0.6 is 0 Å². The number of carbonyl (C=O) groups excluding carboxylic acids is 3. The zero-order chi connectivity index (χ0) is 15.9.